The molecular weight excluding hydrogens is 213 g/mol. The predicted octanol–water partition coefficient (Wildman–Crippen LogP) is 1.86. The smallest absolute Gasteiger partial charge is 0.387 e. The van der Waals surface area contributed by atoms with Gasteiger partial charge >= 0.3 is 24.7 Å². The minimum Gasteiger partial charge on any atom is -0.387 e. The summed E-state index contributed by atoms with van der Waals surface area (Å²) in [7, 11) is 0. The summed E-state index contributed by atoms with van der Waals surface area (Å²) in [6, 6.07) is 0. The Morgan fingerprint density at radius 2 is 1.31 bits per heavy atom. The average molecular weight is 213 g/mol. The van der Waals surface area contributed by atoms with Gasteiger partial charge in [0.15, 0.2) is 0 Å². The number of carbonyl (C=O) groups excluding carboxylic acids is 1. The van der Waals surface area contributed by atoms with Gasteiger partial charge in [0, 0.05) is 0 Å². The summed E-state index contributed by atoms with van der Waals surface area (Å²) in [5, 5.41) is 0. The number of hydrogen-bond donors (Lipinski definition) is 0. The number of alkyl halides is 7. The third-order valence-corrected chi connectivity index (χ3v) is 0.891. The summed E-state index contributed by atoms with van der Waals surface area (Å²) in [6.07, 6.45) is -12.5. The van der Waals surface area contributed by atoms with Crippen LogP contribution in [0.4, 0.5) is 30.7 Å². The lowest BCUT2D eigenvalue weighted by Gasteiger charge is -2.24. The molecule has 0 spiro atoms. The summed E-state index contributed by atoms with van der Waals surface area (Å²) in [4.78, 5) is 9.07. The van der Waals surface area contributed by atoms with E-state index in [2.05, 4.69) is 4.74 Å². The highest BCUT2D eigenvalue weighted by atomic mass is 19.4. The van der Waals surface area contributed by atoms with E-state index in [1.807, 2.05) is 0 Å². The Bertz CT molecular complexity index is 195. The van der Waals surface area contributed by atoms with Crippen molar-refractivity contribution in [1.82, 2.24) is 0 Å². The van der Waals surface area contributed by atoms with E-state index in [9.17, 15) is 30.7 Å². The molecule has 0 bridgehead atoms. The van der Waals surface area contributed by atoms with Gasteiger partial charge in [-0.3, -0.25) is 0 Å². The van der Waals surface area contributed by atoms with Gasteiger partial charge in [0.25, 0.3) is 0 Å². The van der Waals surface area contributed by atoms with Gasteiger partial charge in [-0.25, -0.2) is 4.79 Å². The molecule has 0 unspecified atom stereocenters. The minimum absolute atomic E-state index is 0.194. The van der Waals surface area contributed by atoms with Gasteiger partial charge in [-0.1, -0.05) is 0 Å². The summed E-state index contributed by atoms with van der Waals surface area (Å²) in [5.74, 6) is -6.43. The molecule has 0 aromatic rings. The fourth-order valence-corrected chi connectivity index (χ4v) is 0.281. The van der Waals surface area contributed by atoms with Gasteiger partial charge in [0.05, 0.1) is 0 Å². The van der Waals surface area contributed by atoms with Crippen molar-refractivity contribution in [2.45, 2.75) is 18.2 Å². The third kappa shape index (κ3) is 2.01. The topological polar surface area (TPSA) is 26.3 Å². The predicted molar refractivity (Wildman–Crippen MR) is 22.7 cm³/mol. The Kier molecular flexibility index (Phi) is 2.80. The first-order valence-corrected chi connectivity index (χ1v) is 2.44. The van der Waals surface area contributed by atoms with Gasteiger partial charge in [-0.15, -0.1) is 0 Å². The highest BCUT2D eigenvalue weighted by Crippen LogP contribution is 2.46. The summed E-state index contributed by atoms with van der Waals surface area (Å²) in [5.41, 5.74) is 0. The molecule has 0 amide bonds. The van der Waals surface area contributed by atoms with E-state index < -0.39 is 18.2 Å². The Labute approximate surface area is 66.3 Å². The molecule has 0 aliphatic heterocycles. The van der Waals surface area contributed by atoms with E-state index in [4.69, 9.17) is 4.79 Å². The average Bonchev–Trinajstić information content (AvgIpc) is 1.84. The molecular formula is C4F7O2. The summed E-state index contributed by atoms with van der Waals surface area (Å²) < 4.78 is 82.8. The van der Waals surface area contributed by atoms with Crippen molar-refractivity contribution in [1.29, 1.82) is 0 Å². The van der Waals surface area contributed by atoms with Crippen LogP contribution in [0.2, 0.25) is 0 Å². The van der Waals surface area contributed by atoms with Crippen LogP contribution in [0.1, 0.15) is 0 Å². The van der Waals surface area contributed by atoms with Gasteiger partial charge < -0.3 is 4.74 Å². The molecule has 0 rings (SSSR count). The zero-order chi connectivity index (χ0) is 10.9. The van der Waals surface area contributed by atoms with Crippen molar-refractivity contribution < 1.29 is 40.3 Å². The van der Waals surface area contributed by atoms with Gasteiger partial charge in [0.2, 0.25) is 0 Å². The monoisotopic (exact) mass is 213 g/mol. The number of halogens is 7. The lowest BCUT2D eigenvalue weighted by molar-refractivity contribution is -0.406. The Hall–Kier alpha value is -1.02. The largest absolute Gasteiger partial charge is 0.476 e. The van der Waals surface area contributed by atoms with Crippen molar-refractivity contribution in [3.05, 3.63) is 0 Å². The molecule has 0 saturated heterocycles. The van der Waals surface area contributed by atoms with Gasteiger partial charge in [-0.05, 0) is 0 Å². The molecule has 0 atom stereocenters. The van der Waals surface area contributed by atoms with Crippen LogP contribution in [-0.2, 0) is 9.53 Å². The second kappa shape index (κ2) is 3.04. The van der Waals surface area contributed by atoms with Crippen molar-refractivity contribution in [3.63, 3.8) is 0 Å². The molecule has 0 heterocycles. The van der Waals surface area contributed by atoms with Crippen LogP contribution in [-0.4, -0.2) is 24.7 Å². The first-order chi connectivity index (χ1) is 5.56. The van der Waals surface area contributed by atoms with Crippen LogP contribution in [0.25, 0.3) is 0 Å². The van der Waals surface area contributed by atoms with Gasteiger partial charge in [-0.2, -0.15) is 30.7 Å². The van der Waals surface area contributed by atoms with E-state index in [0.29, 0.717) is 0 Å². The Morgan fingerprint density at radius 3 is 1.54 bits per heavy atom. The summed E-state index contributed by atoms with van der Waals surface area (Å²) in [6.45, 7) is -0.194. The third-order valence-electron chi connectivity index (χ3n) is 0.891. The lowest BCUT2D eigenvalue weighted by atomic mass is 10.3. The van der Waals surface area contributed by atoms with E-state index in [1.54, 1.807) is 0 Å². The van der Waals surface area contributed by atoms with E-state index in [-0.39, 0.29) is 6.47 Å². The lowest BCUT2D eigenvalue weighted by Crippen LogP contribution is -2.53. The number of ether oxygens (including phenoxy) is 1. The fraction of sp³-hybridized carbons (Fsp3) is 0.750. The molecule has 2 nitrogen and oxygen atoms in total. The van der Waals surface area contributed by atoms with Crippen LogP contribution < -0.4 is 0 Å². The molecule has 0 aromatic carbocycles. The van der Waals surface area contributed by atoms with E-state index in [1.165, 1.54) is 0 Å². The van der Waals surface area contributed by atoms with Crippen LogP contribution in [0.3, 0.4) is 0 Å². The van der Waals surface area contributed by atoms with Crippen molar-refractivity contribution in [2.24, 2.45) is 0 Å². The maximum atomic E-state index is 11.7. The van der Waals surface area contributed by atoms with Crippen LogP contribution >= 0.6 is 0 Å². The second-order valence-electron chi connectivity index (χ2n) is 1.77. The molecule has 77 valence electrons. The normalized spacial score (nSPS) is 14.1. The molecule has 0 N–H and O–H groups in total. The fourth-order valence-electron chi connectivity index (χ4n) is 0.281. The number of rotatable bonds is 3. The van der Waals surface area contributed by atoms with Crippen molar-refractivity contribution >= 4 is 6.47 Å². The maximum absolute atomic E-state index is 11.7. The molecule has 0 saturated carbocycles. The number of hydrogen-bond acceptors (Lipinski definition) is 2. The quantitative estimate of drug-likeness (QED) is 0.668. The molecule has 9 heteroatoms. The zero-order valence-electron chi connectivity index (χ0n) is 5.46. The molecule has 0 fully saturated rings. The molecule has 0 aliphatic rings. The van der Waals surface area contributed by atoms with Crippen LogP contribution in [0.15, 0.2) is 0 Å². The highest BCUT2D eigenvalue weighted by Gasteiger charge is 2.75. The Balaban J connectivity index is 4.91. The molecule has 13 heavy (non-hydrogen) atoms. The maximum Gasteiger partial charge on any atom is 0.476 e. The molecule has 0 aromatic heterocycles. The standard InChI is InChI=1S/C4F7O2/c5-2(6,3(7,8)9)4(10,11)13-1-12. The minimum atomic E-state index is -6.51. The van der Waals surface area contributed by atoms with Crippen molar-refractivity contribution in [3.8, 4) is 0 Å². The van der Waals surface area contributed by atoms with Crippen LogP contribution in [0.5, 0.6) is 0 Å². The van der Waals surface area contributed by atoms with Crippen molar-refractivity contribution in [2.75, 3.05) is 0 Å². The summed E-state index contributed by atoms with van der Waals surface area (Å²) >= 11 is 0. The Morgan fingerprint density at radius 1 is 0.923 bits per heavy atom. The van der Waals surface area contributed by atoms with E-state index in [0.717, 1.165) is 0 Å². The first-order valence-electron chi connectivity index (χ1n) is 2.44. The van der Waals surface area contributed by atoms with Gasteiger partial charge in [0.1, 0.15) is 0 Å². The first kappa shape index (κ1) is 12.0. The molecule has 1 radical (unpaired) electrons. The second-order valence-corrected chi connectivity index (χ2v) is 1.77. The SMILES string of the molecule is O=[C]OC(F)(F)C(F)(F)C(F)(F)F. The van der Waals surface area contributed by atoms with Crippen LogP contribution in [0, 0.1) is 0 Å². The zero-order valence-corrected chi connectivity index (χ0v) is 5.46. The highest BCUT2D eigenvalue weighted by molar-refractivity contribution is 5.39. The molecule has 0 aliphatic carbocycles. The van der Waals surface area contributed by atoms with E-state index >= 15 is 0 Å².